The molecule has 14 heavy (non-hydrogen) atoms. The van der Waals surface area contributed by atoms with Crippen LogP contribution in [0.1, 0.15) is 19.3 Å². The maximum atomic E-state index is 13.1. The molecule has 0 aliphatic heterocycles. The molecule has 0 radical (unpaired) electrons. The number of nitrogens with one attached hydrogen (secondary N) is 1. The molecule has 1 aromatic heterocycles. The molecule has 3 N–H and O–H groups in total. The van der Waals surface area contributed by atoms with Crippen LogP contribution in [0.4, 0.5) is 16.2 Å². The maximum Gasteiger partial charge on any atom is 0.222 e. The highest BCUT2D eigenvalue weighted by Crippen LogP contribution is 2.26. The third-order valence-electron chi connectivity index (χ3n) is 2.55. The summed E-state index contributed by atoms with van der Waals surface area (Å²) in [5.74, 6) is 0.524. The summed E-state index contributed by atoms with van der Waals surface area (Å²) in [5, 5.41) is 2.95. The molecular formula is C9H13FN4. The van der Waals surface area contributed by atoms with E-state index < -0.39 is 5.82 Å². The Morgan fingerprint density at radius 2 is 2.36 bits per heavy atom. The third kappa shape index (κ3) is 1.92. The van der Waals surface area contributed by atoms with E-state index in [1.807, 2.05) is 0 Å². The largest absolute Gasteiger partial charge is 0.368 e. The predicted octanol–water partition coefficient (Wildman–Crippen LogP) is 1.41. The van der Waals surface area contributed by atoms with Crippen LogP contribution in [0.15, 0.2) is 6.20 Å². The van der Waals surface area contributed by atoms with Crippen LogP contribution in [0.2, 0.25) is 0 Å². The lowest BCUT2D eigenvalue weighted by atomic mass is 9.85. The van der Waals surface area contributed by atoms with Crippen LogP contribution in [0.5, 0.6) is 0 Å². The number of nitrogen functional groups attached to an aromatic ring is 1. The van der Waals surface area contributed by atoms with Crippen LogP contribution in [0, 0.1) is 11.7 Å². The minimum Gasteiger partial charge on any atom is -0.368 e. The molecule has 76 valence electrons. The molecule has 0 aromatic carbocycles. The van der Waals surface area contributed by atoms with E-state index in [1.54, 1.807) is 0 Å². The van der Waals surface area contributed by atoms with Crippen LogP contribution in [-0.4, -0.2) is 16.5 Å². The summed E-state index contributed by atoms with van der Waals surface area (Å²) in [6.45, 7) is 0.771. The highest BCUT2D eigenvalue weighted by Gasteiger charge is 2.17. The molecule has 0 amide bonds. The van der Waals surface area contributed by atoms with E-state index in [9.17, 15) is 4.39 Å². The number of hydrogen-bond donors (Lipinski definition) is 2. The van der Waals surface area contributed by atoms with Gasteiger partial charge in [-0.2, -0.15) is 4.98 Å². The molecule has 1 aliphatic carbocycles. The van der Waals surface area contributed by atoms with Crippen molar-refractivity contribution in [3.8, 4) is 0 Å². The number of nitrogens with zero attached hydrogens (tertiary/aromatic N) is 2. The van der Waals surface area contributed by atoms with Crippen LogP contribution in [0.25, 0.3) is 0 Å². The molecule has 0 spiro atoms. The van der Waals surface area contributed by atoms with Crippen molar-refractivity contribution < 1.29 is 4.39 Å². The van der Waals surface area contributed by atoms with E-state index in [0.29, 0.717) is 5.92 Å². The van der Waals surface area contributed by atoms with Gasteiger partial charge in [-0.25, -0.2) is 9.37 Å². The van der Waals surface area contributed by atoms with Crippen LogP contribution < -0.4 is 11.1 Å². The Kier molecular flexibility index (Phi) is 2.47. The molecule has 1 aliphatic rings. The summed E-state index contributed by atoms with van der Waals surface area (Å²) in [6.07, 6.45) is 4.80. The minimum absolute atomic E-state index is 0.0995. The molecule has 0 saturated heterocycles. The van der Waals surface area contributed by atoms with Gasteiger partial charge >= 0.3 is 0 Å². The summed E-state index contributed by atoms with van der Waals surface area (Å²) >= 11 is 0. The van der Waals surface area contributed by atoms with Crippen LogP contribution >= 0.6 is 0 Å². The topological polar surface area (TPSA) is 63.8 Å². The van der Waals surface area contributed by atoms with Crippen molar-refractivity contribution in [2.24, 2.45) is 5.92 Å². The van der Waals surface area contributed by atoms with Gasteiger partial charge in [-0.1, -0.05) is 6.42 Å². The lowest BCUT2D eigenvalue weighted by molar-refractivity contribution is 0.333. The predicted molar refractivity (Wildman–Crippen MR) is 52.2 cm³/mol. The second-order valence-corrected chi connectivity index (χ2v) is 3.60. The second kappa shape index (κ2) is 3.77. The molecule has 0 bridgehead atoms. The van der Waals surface area contributed by atoms with E-state index in [4.69, 9.17) is 5.73 Å². The zero-order valence-corrected chi connectivity index (χ0v) is 7.83. The first-order valence-electron chi connectivity index (χ1n) is 4.77. The summed E-state index contributed by atoms with van der Waals surface area (Å²) in [6, 6.07) is 0. The van der Waals surface area contributed by atoms with E-state index in [-0.39, 0.29) is 11.8 Å². The summed E-state index contributed by atoms with van der Waals surface area (Å²) in [4.78, 5) is 7.34. The molecule has 1 saturated carbocycles. The van der Waals surface area contributed by atoms with Gasteiger partial charge in [-0.3, -0.25) is 0 Å². The fourth-order valence-corrected chi connectivity index (χ4v) is 1.44. The lowest BCUT2D eigenvalue weighted by Gasteiger charge is -2.25. The van der Waals surface area contributed by atoms with Gasteiger partial charge in [0.2, 0.25) is 5.95 Å². The highest BCUT2D eigenvalue weighted by molar-refractivity contribution is 5.39. The van der Waals surface area contributed by atoms with Crippen LogP contribution in [-0.2, 0) is 0 Å². The molecule has 0 unspecified atom stereocenters. The Morgan fingerprint density at radius 1 is 1.57 bits per heavy atom. The number of hydrogen-bond acceptors (Lipinski definition) is 4. The molecule has 4 nitrogen and oxygen atoms in total. The lowest BCUT2D eigenvalue weighted by Crippen LogP contribution is -2.22. The number of aromatic nitrogens is 2. The van der Waals surface area contributed by atoms with Crippen molar-refractivity contribution in [3.63, 3.8) is 0 Å². The van der Waals surface area contributed by atoms with E-state index in [1.165, 1.54) is 19.3 Å². The number of anilines is 2. The standard InChI is InChI=1S/C9H13FN4/c10-7-5-13-9(11)14-8(7)12-4-6-2-1-3-6/h5-6H,1-4H2,(H3,11,12,13,14). The monoisotopic (exact) mass is 196 g/mol. The average molecular weight is 196 g/mol. The van der Waals surface area contributed by atoms with Gasteiger partial charge in [-0.15, -0.1) is 0 Å². The quantitative estimate of drug-likeness (QED) is 0.767. The summed E-state index contributed by atoms with van der Waals surface area (Å²) in [7, 11) is 0. The molecule has 1 heterocycles. The highest BCUT2D eigenvalue weighted by atomic mass is 19.1. The van der Waals surface area contributed by atoms with Crippen molar-refractivity contribution in [1.29, 1.82) is 0 Å². The number of halogens is 1. The Morgan fingerprint density at radius 3 is 3.00 bits per heavy atom. The fourth-order valence-electron chi connectivity index (χ4n) is 1.44. The number of nitrogens with two attached hydrogens (primary N) is 1. The zero-order chi connectivity index (χ0) is 9.97. The Bertz CT molecular complexity index is 325. The molecule has 2 rings (SSSR count). The Hall–Kier alpha value is -1.39. The van der Waals surface area contributed by atoms with E-state index in [0.717, 1.165) is 12.7 Å². The van der Waals surface area contributed by atoms with Gasteiger partial charge in [-0.05, 0) is 18.8 Å². The SMILES string of the molecule is Nc1ncc(F)c(NCC2CCC2)n1. The van der Waals surface area contributed by atoms with Crippen molar-refractivity contribution in [1.82, 2.24) is 9.97 Å². The first-order valence-corrected chi connectivity index (χ1v) is 4.77. The first kappa shape index (κ1) is 9.18. The normalized spacial score (nSPS) is 16.4. The van der Waals surface area contributed by atoms with Crippen molar-refractivity contribution >= 4 is 11.8 Å². The molecule has 0 atom stereocenters. The second-order valence-electron chi connectivity index (χ2n) is 3.60. The van der Waals surface area contributed by atoms with Crippen molar-refractivity contribution in [2.75, 3.05) is 17.6 Å². The van der Waals surface area contributed by atoms with Gasteiger partial charge in [0, 0.05) is 6.54 Å². The van der Waals surface area contributed by atoms with E-state index >= 15 is 0 Å². The zero-order valence-electron chi connectivity index (χ0n) is 7.83. The minimum atomic E-state index is -0.446. The van der Waals surface area contributed by atoms with E-state index in [2.05, 4.69) is 15.3 Å². The Balaban J connectivity index is 1.96. The van der Waals surface area contributed by atoms with Gasteiger partial charge < -0.3 is 11.1 Å². The fraction of sp³-hybridized carbons (Fsp3) is 0.556. The molecule has 1 fully saturated rings. The van der Waals surface area contributed by atoms with Crippen molar-refractivity contribution in [2.45, 2.75) is 19.3 Å². The maximum absolute atomic E-state index is 13.1. The van der Waals surface area contributed by atoms with Gasteiger partial charge in [0.15, 0.2) is 11.6 Å². The van der Waals surface area contributed by atoms with Gasteiger partial charge in [0.05, 0.1) is 6.20 Å². The van der Waals surface area contributed by atoms with Gasteiger partial charge in [0.1, 0.15) is 0 Å². The van der Waals surface area contributed by atoms with Crippen LogP contribution in [0.3, 0.4) is 0 Å². The van der Waals surface area contributed by atoms with Gasteiger partial charge in [0.25, 0.3) is 0 Å². The Labute approximate surface area is 81.7 Å². The molecule has 1 aromatic rings. The smallest absolute Gasteiger partial charge is 0.222 e. The number of rotatable bonds is 3. The molecular weight excluding hydrogens is 183 g/mol. The molecule has 5 heteroatoms. The van der Waals surface area contributed by atoms with Crippen molar-refractivity contribution in [3.05, 3.63) is 12.0 Å². The average Bonchev–Trinajstić information content (AvgIpc) is 2.08. The first-order chi connectivity index (χ1) is 6.75. The summed E-state index contributed by atoms with van der Waals surface area (Å²) in [5.41, 5.74) is 5.35. The third-order valence-corrected chi connectivity index (χ3v) is 2.55. The summed E-state index contributed by atoms with van der Waals surface area (Å²) < 4.78 is 13.1.